The Kier molecular flexibility index (Phi) is 6.97. The van der Waals surface area contributed by atoms with E-state index in [-0.39, 0.29) is 29.4 Å². The molecule has 0 aliphatic carbocycles. The Hall–Kier alpha value is -3.14. The molecular weight excluding hydrogens is 471 g/mol. The molecule has 0 spiro atoms. The average Bonchev–Trinajstić information content (AvgIpc) is 3.10. The summed E-state index contributed by atoms with van der Waals surface area (Å²) in [6, 6.07) is 3.21. The van der Waals surface area contributed by atoms with E-state index >= 15 is 0 Å². The lowest BCUT2D eigenvalue weighted by atomic mass is 10.1. The maximum Gasteiger partial charge on any atom is 0.412 e. The molecule has 176 valence electrons. The number of esters is 1. The molecule has 1 atom stereocenters. The molecule has 2 aromatic carbocycles. The highest BCUT2D eigenvalue weighted by molar-refractivity contribution is 6.34. The largest absolute Gasteiger partial charge is 0.462 e. The summed E-state index contributed by atoms with van der Waals surface area (Å²) in [4.78, 5) is 25.0. The quantitative estimate of drug-likeness (QED) is 0.352. The fraction of sp³-hybridized carbons (Fsp3) is 0.273. The van der Waals surface area contributed by atoms with E-state index in [1.165, 1.54) is 22.8 Å². The molecule has 33 heavy (non-hydrogen) atoms. The fourth-order valence-electron chi connectivity index (χ4n) is 3.43. The van der Waals surface area contributed by atoms with E-state index in [9.17, 15) is 31.5 Å². The monoisotopic (exact) mass is 488 g/mol. The van der Waals surface area contributed by atoms with Crippen molar-refractivity contribution in [1.29, 1.82) is 0 Å². The van der Waals surface area contributed by atoms with Gasteiger partial charge in [-0.25, -0.2) is 13.6 Å². The maximum atomic E-state index is 13.7. The Bertz CT molecular complexity index is 1220. The van der Waals surface area contributed by atoms with Crippen LogP contribution in [0.3, 0.4) is 0 Å². The number of nitrogens with one attached hydrogen (secondary N) is 1. The van der Waals surface area contributed by atoms with E-state index in [1.54, 1.807) is 13.8 Å². The number of ether oxygens (including phenoxy) is 1. The van der Waals surface area contributed by atoms with Crippen LogP contribution in [-0.2, 0) is 11.3 Å². The predicted octanol–water partition coefficient (Wildman–Crippen LogP) is 5.80. The van der Waals surface area contributed by atoms with Crippen LogP contribution < -0.4 is 5.32 Å². The van der Waals surface area contributed by atoms with Gasteiger partial charge >= 0.3 is 12.1 Å². The zero-order chi connectivity index (χ0) is 24.5. The fourth-order valence-corrected chi connectivity index (χ4v) is 3.66. The molecule has 3 rings (SSSR count). The van der Waals surface area contributed by atoms with Gasteiger partial charge in [0.05, 0.1) is 22.7 Å². The van der Waals surface area contributed by atoms with E-state index in [1.807, 2.05) is 5.32 Å². The lowest BCUT2D eigenvalue weighted by Crippen LogP contribution is -2.39. The molecule has 0 saturated carbocycles. The van der Waals surface area contributed by atoms with Crippen molar-refractivity contribution in [3.05, 3.63) is 69.9 Å². The van der Waals surface area contributed by atoms with Gasteiger partial charge < -0.3 is 14.6 Å². The normalized spacial score (nSPS) is 12.6. The van der Waals surface area contributed by atoms with E-state index in [4.69, 9.17) is 16.3 Å². The van der Waals surface area contributed by atoms with Gasteiger partial charge in [-0.2, -0.15) is 13.2 Å². The Morgan fingerprint density at radius 2 is 1.79 bits per heavy atom. The van der Waals surface area contributed by atoms with Gasteiger partial charge in [0.2, 0.25) is 0 Å². The lowest BCUT2D eigenvalue weighted by molar-refractivity contribution is -0.155. The number of benzene rings is 2. The van der Waals surface area contributed by atoms with Crippen molar-refractivity contribution >= 4 is 34.4 Å². The molecule has 0 fully saturated rings. The first kappa shape index (κ1) is 24.5. The molecule has 1 heterocycles. The Morgan fingerprint density at radius 3 is 2.36 bits per heavy atom. The van der Waals surface area contributed by atoms with Crippen LogP contribution in [0.25, 0.3) is 10.9 Å². The van der Waals surface area contributed by atoms with Crippen molar-refractivity contribution in [2.24, 2.45) is 0 Å². The highest BCUT2D eigenvalue weighted by Crippen LogP contribution is 2.34. The van der Waals surface area contributed by atoms with Gasteiger partial charge in [0, 0.05) is 11.9 Å². The van der Waals surface area contributed by atoms with Crippen molar-refractivity contribution in [3.63, 3.8) is 0 Å². The second-order valence-corrected chi connectivity index (χ2v) is 7.41. The van der Waals surface area contributed by atoms with Gasteiger partial charge in [-0.3, -0.25) is 4.79 Å². The van der Waals surface area contributed by atoms with Crippen LogP contribution in [0.15, 0.2) is 36.4 Å². The molecule has 5 nitrogen and oxygen atoms in total. The van der Waals surface area contributed by atoms with Crippen LogP contribution in [0.5, 0.6) is 0 Å². The van der Waals surface area contributed by atoms with Gasteiger partial charge in [0.25, 0.3) is 5.91 Å². The molecule has 1 amide bonds. The third-order valence-electron chi connectivity index (χ3n) is 4.91. The Balaban J connectivity index is 2.04. The summed E-state index contributed by atoms with van der Waals surface area (Å²) in [7, 11) is 0. The lowest BCUT2D eigenvalue weighted by Gasteiger charge is -2.22. The number of alkyl halides is 3. The first-order valence-corrected chi connectivity index (χ1v) is 10.2. The summed E-state index contributed by atoms with van der Waals surface area (Å²) in [5.41, 5.74) is -0.346. The van der Waals surface area contributed by atoms with Gasteiger partial charge in [0.1, 0.15) is 5.69 Å². The molecule has 3 aromatic rings. The molecule has 0 bridgehead atoms. The number of rotatable bonds is 6. The van der Waals surface area contributed by atoms with Crippen LogP contribution in [0, 0.1) is 11.6 Å². The average molecular weight is 489 g/mol. The number of nitrogens with zero attached hydrogens (tertiary/aromatic N) is 1. The number of halogens is 6. The standard InChI is InChI=1S/C22H18ClF5N2O3/c1-3-30-17-10-14(23)13(21(32)33-4-2)7-12(17)9-18(30)20(31)29-19(22(26,27)28)11-5-6-15(24)16(25)8-11/h5-10,19H,3-4H2,1-2H3,(H,29,31). The summed E-state index contributed by atoms with van der Waals surface area (Å²) in [5.74, 6) is -4.57. The molecule has 1 N–H and O–H groups in total. The number of fused-ring (bicyclic) bond motifs is 1. The first-order chi connectivity index (χ1) is 15.5. The van der Waals surface area contributed by atoms with Crippen LogP contribution >= 0.6 is 11.6 Å². The number of hydrogen-bond acceptors (Lipinski definition) is 3. The van der Waals surface area contributed by atoms with Crippen molar-refractivity contribution < 1.29 is 36.3 Å². The first-order valence-electron chi connectivity index (χ1n) is 9.80. The molecular formula is C22H18ClF5N2O3. The minimum Gasteiger partial charge on any atom is -0.462 e. The Morgan fingerprint density at radius 1 is 1.09 bits per heavy atom. The highest BCUT2D eigenvalue weighted by Gasteiger charge is 2.42. The second kappa shape index (κ2) is 9.38. The molecule has 0 saturated heterocycles. The van der Waals surface area contributed by atoms with E-state index < -0.39 is 41.3 Å². The van der Waals surface area contributed by atoms with Gasteiger partial charge in [-0.1, -0.05) is 17.7 Å². The highest BCUT2D eigenvalue weighted by atomic mass is 35.5. The zero-order valence-electron chi connectivity index (χ0n) is 17.4. The van der Waals surface area contributed by atoms with Crippen LogP contribution in [0.1, 0.15) is 46.3 Å². The third kappa shape index (κ3) is 4.95. The molecule has 1 unspecified atom stereocenters. The summed E-state index contributed by atoms with van der Waals surface area (Å²) in [6.45, 7) is 3.59. The van der Waals surface area contributed by atoms with E-state index in [0.717, 1.165) is 6.07 Å². The molecule has 0 radical (unpaired) electrons. The number of amides is 1. The van der Waals surface area contributed by atoms with Crippen LogP contribution in [-0.4, -0.2) is 29.2 Å². The number of hydrogen-bond donors (Lipinski definition) is 1. The van der Waals surface area contributed by atoms with Crippen molar-refractivity contribution in [3.8, 4) is 0 Å². The number of aromatic nitrogens is 1. The number of carbonyl (C=O) groups is 2. The van der Waals surface area contributed by atoms with E-state index in [2.05, 4.69) is 0 Å². The van der Waals surface area contributed by atoms with Crippen LogP contribution in [0.2, 0.25) is 5.02 Å². The van der Waals surface area contributed by atoms with Crippen molar-refractivity contribution in [1.82, 2.24) is 9.88 Å². The number of carbonyl (C=O) groups excluding carboxylic acids is 2. The SMILES string of the molecule is CCOC(=O)c1cc2cc(C(=O)NC(c3ccc(F)c(F)c3)C(F)(F)F)n(CC)c2cc1Cl. The summed E-state index contributed by atoms with van der Waals surface area (Å²) >= 11 is 6.17. The Labute approximate surface area is 190 Å². The van der Waals surface area contributed by atoms with Crippen molar-refractivity contribution in [2.75, 3.05) is 6.61 Å². The molecule has 0 aliphatic heterocycles. The molecule has 11 heteroatoms. The third-order valence-corrected chi connectivity index (χ3v) is 5.23. The van der Waals surface area contributed by atoms with E-state index in [0.29, 0.717) is 23.0 Å². The zero-order valence-corrected chi connectivity index (χ0v) is 18.2. The predicted molar refractivity (Wildman–Crippen MR) is 111 cm³/mol. The summed E-state index contributed by atoms with van der Waals surface area (Å²) in [5, 5.41) is 2.28. The van der Waals surface area contributed by atoms with Gasteiger partial charge in [-0.15, -0.1) is 0 Å². The minimum absolute atomic E-state index is 0.0428. The summed E-state index contributed by atoms with van der Waals surface area (Å²) < 4.78 is 74.1. The van der Waals surface area contributed by atoms with Gasteiger partial charge in [0.15, 0.2) is 17.7 Å². The number of aryl methyl sites for hydroxylation is 1. The smallest absolute Gasteiger partial charge is 0.412 e. The maximum absolute atomic E-state index is 13.7. The molecule has 1 aromatic heterocycles. The summed E-state index contributed by atoms with van der Waals surface area (Å²) in [6.07, 6.45) is -4.98. The van der Waals surface area contributed by atoms with Gasteiger partial charge in [-0.05, 0) is 49.7 Å². The molecule has 0 aliphatic rings. The topological polar surface area (TPSA) is 60.3 Å². The second-order valence-electron chi connectivity index (χ2n) is 7.01. The minimum atomic E-state index is -4.98. The van der Waals surface area contributed by atoms with Crippen LogP contribution in [0.4, 0.5) is 22.0 Å². The van der Waals surface area contributed by atoms with Crippen molar-refractivity contribution in [2.45, 2.75) is 32.6 Å².